The number of carbonyl (C=O) groups excluding carboxylic acids is 2. The van der Waals surface area contributed by atoms with Gasteiger partial charge in [0.1, 0.15) is 11.4 Å². The molecule has 0 unspecified atom stereocenters. The molecule has 7 heteroatoms. The van der Waals surface area contributed by atoms with Gasteiger partial charge in [0.15, 0.2) is 0 Å². The Labute approximate surface area is 181 Å². The Morgan fingerprint density at radius 2 is 1.68 bits per heavy atom. The highest BCUT2D eigenvalue weighted by Crippen LogP contribution is 2.34. The standard InChI is InChI=1S/C24H25N5O2/c1-24(20-10-6-8-18-7-2-3-9-19(18)20)22(30)29(23(31)26-24)17-27-13-15-28(16-14-27)21-11-4-5-12-25-21/h2-12H,13-17H2,1H3,(H,26,31)/t24-/m1/s1. The molecule has 0 bridgehead atoms. The number of hydrogen-bond donors (Lipinski definition) is 1. The minimum Gasteiger partial charge on any atom is -0.354 e. The Kier molecular flexibility index (Phi) is 4.82. The van der Waals surface area contributed by atoms with Crippen molar-refractivity contribution in [1.29, 1.82) is 0 Å². The number of nitrogens with one attached hydrogen (secondary N) is 1. The van der Waals surface area contributed by atoms with Crippen molar-refractivity contribution in [1.82, 2.24) is 20.1 Å². The van der Waals surface area contributed by atoms with Gasteiger partial charge >= 0.3 is 6.03 Å². The first kappa shape index (κ1) is 19.5. The van der Waals surface area contributed by atoms with Gasteiger partial charge in [-0.2, -0.15) is 0 Å². The van der Waals surface area contributed by atoms with Crippen LogP contribution in [0.1, 0.15) is 12.5 Å². The molecule has 1 aromatic heterocycles. The van der Waals surface area contributed by atoms with Gasteiger partial charge in [0.2, 0.25) is 0 Å². The van der Waals surface area contributed by atoms with E-state index >= 15 is 0 Å². The van der Waals surface area contributed by atoms with Gasteiger partial charge in [-0.15, -0.1) is 0 Å². The number of pyridine rings is 1. The SMILES string of the molecule is C[C@]1(c2cccc3ccccc23)NC(=O)N(CN2CCN(c3ccccn3)CC2)C1=O. The Morgan fingerprint density at radius 3 is 2.45 bits per heavy atom. The molecule has 3 aromatic rings. The van der Waals surface area contributed by atoms with Crippen LogP contribution in [0.5, 0.6) is 0 Å². The maximum atomic E-state index is 13.4. The number of nitrogens with zero attached hydrogens (tertiary/aromatic N) is 4. The molecule has 1 N–H and O–H groups in total. The van der Waals surface area contributed by atoms with E-state index in [1.165, 1.54) is 4.90 Å². The predicted octanol–water partition coefficient (Wildman–Crippen LogP) is 2.78. The van der Waals surface area contributed by atoms with E-state index in [4.69, 9.17) is 0 Å². The van der Waals surface area contributed by atoms with E-state index in [0.29, 0.717) is 6.67 Å². The van der Waals surface area contributed by atoms with Crippen LogP contribution in [0.3, 0.4) is 0 Å². The van der Waals surface area contributed by atoms with Crippen molar-refractivity contribution < 1.29 is 9.59 Å². The number of amides is 3. The van der Waals surface area contributed by atoms with Gasteiger partial charge in [-0.1, -0.05) is 48.5 Å². The van der Waals surface area contributed by atoms with Gasteiger partial charge in [-0.3, -0.25) is 9.69 Å². The minimum atomic E-state index is -1.08. The zero-order valence-corrected chi connectivity index (χ0v) is 17.5. The highest BCUT2D eigenvalue weighted by atomic mass is 16.2. The molecular formula is C24H25N5O2. The largest absolute Gasteiger partial charge is 0.354 e. The first-order chi connectivity index (χ1) is 15.1. The van der Waals surface area contributed by atoms with E-state index in [-0.39, 0.29) is 11.9 Å². The van der Waals surface area contributed by atoms with E-state index in [1.807, 2.05) is 60.7 Å². The number of anilines is 1. The molecule has 0 saturated carbocycles. The zero-order chi connectivity index (χ0) is 21.4. The van der Waals surface area contributed by atoms with E-state index in [1.54, 1.807) is 13.1 Å². The minimum absolute atomic E-state index is 0.207. The predicted molar refractivity (Wildman–Crippen MR) is 120 cm³/mol. The number of piperazine rings is 1. The van der Waals surface area contributed by atoms with Gasteiger partial charge in [-0.05, 0) is 35.4 Å². The van der Waals surface area contributed by atoms with Crippen molar-refractivity contribution in [3.63, 3.8) is 0 Å². The molecule has 1 atom stereocenters. The molecule has 2 saturated heterocycles. The summed E-state index contributed by atoms with van der Waals surface area (Å²) >= 11 is 0. The number of carbonyl (C=O) groups is 2. The second-order valence-corrected chi connectivity index (χ2v) is 8.25. The van der Waals surface area contributed by atoms with Crippen LogP contribution in [0.2, 0.25) is 0 Å². The van der Waals surface area contributed by atoms with Crippen molar-refractivity contribution in [3.8, 4) is 0 Å². The molecule has 3 amide bonds. The fraction of sp³-hybridized carbons (Fsp3) is 0.292. The molecule has 7 nitrogen and oxygen atoms in total. The summed E-state index contributed by atoms with van der Waals surface area (Å²) in [7, 11) is 0. The fourth-order valence-corrected chi connectivity index (χ4v) is 4.53. The van der Waals surface area contributed by atoms with Crippen molar-refractivity contribution in [2.45, 2.75) is 12.5 Å². The normalized spacial score (nSPS) is 22.2. The topological polar surface area (TPSA) is 68.8 Å². The summed E-state index contributed by atoms with van der Waals surface area (Å²) in [5.41, 5.74) is -0.250. The molecular weight excluding hydrogens is 390 g/mol. The molecule has 5 rings (SSSR count). The van der Waals surface area contributed by atoms with Crippen LogP contribution >= 0.6 is 0 Å². The third-order valence-corrected chi connectivity index (χ3v) is 6.29. The highest BCUT2D eigenvalue weighted by molar-refractivity contribution is 6.09. The number of aromatic nitrogens is 1. The summed E-state index contributed by atoms with van der Waals surface area (Å²) < 4.78 is 0. The van der Waals surface area contributed by atoms with Crippen LogP contribution in [0.25, 0.3) is 10.8 Å². The summed E-state index contributed by atoms with van der Waals surface area (Å²) in [5, 5.41) is 4.98. The first-order valence-electron chi connectivity index (χ1n) is 10.6. The molecule has 2 fully saturated rings. The molecule has 0 radical (unpaired) electrons. The number of urea groups is 1. The summed E-state index contributed by atoms with van der Waals surface area (Å²) in [4.78, 5) is 36.4. The van der Waals surface area contributed by atoms with E-state index < -0.39 is 5.54 Å². The molecule has 3 heterocycles. The molecule has 2 aliphatic heterocycles. The first-order valence-corrected chi connectivity index (χ1v) is 10.6. The maximum absolute atomic E-state index is 13.4. The number of benzene rings is 2. The Morgan fingerprint density at radius 1 is 0.935 bits per heavy atom. The summed E-state index contributed by atoms with van der Waals surface area (Å²) in [5.74, 6) is 0.752. The molecule has 31 heavy (non-hydrogen) atoms. The quantitative estimate of drug-likeness (QED) is 0.664. The van der Waals surface area contributed by atoms with Crippen LogP contribution in [0, 0.1) is 0 Å². The third-order valence-electron chi connectivity index (χ3n) is 6.29. The highest BCUT2D eigenvalue weighted by Gasteiger charge is 2.50. The maximum Gasteiger partial charge on any atom is 0.326 e. The fourth-order valence-electron chi connectivity index (χ4n) is 4.53. The second-order valence-electron chi connectivity index (χ2n) is 8.25. The summed E-state index contributed by atoms with van der Waals surface area (Å²) in [6.45, 7) is 5.23. The van der Waals surface area contributed by atoms with Crippen LogP contribution in [-0.2, 0) is 10.3 Å². The summed E-state index contributed by atoms with van der Waals surface area (Å²) in [6, 6.07) is 19.4. The lowest BCUT2D eigenvalue weighted by atomic mass is 9.88. The van der Waals surface area contributed by atoms with Crippen LogP contribution in [-0.4, -0.2) is 59.6 Å². The molecule has 2 aromatic carbocycles. The van der Waals surface area contributed by atoms with Crippen molar-refractivity contribution in [2.24, 2.45) is 0 Å². The summed E-state index contributed by atoms with van der Waals surface area (Å²) in [6.07, 6.45) is 1.79. The van der Waals surface area contributed by atoms with Crippen molar-refractivity contribution >= 4 is 28.5 Å². The number of imide groups is 1. The van der Waals surface area contributed by atoms with E-state index in [9.17, 15) is 9.59 Å². The zero-order valence-electron chi connectivity index (χ0n) is 17.5. The number of hydrogen-bond acceptors (Lipinski definition) is 5. The Bertz CT molecular complexity index is 1120. The van der Waals surface area contributed by atoms with E-state index in [0.717, 1.165) is 48.3 Å². The average molecular weight is 415 g/mol. The van der Waals surface area contributed by atoms with Gasteiger partial charge in [-0.25, -0.2) is 14.7 Å². The lowest BCUT2D eigenvalue weighted by molar-refractivity contribution is -0.132. The Balaban J connectivity index is 1.32. The van der Waals surface area contributed by atoms with Crippen LogP contribution in [0.4, 0.5) is 10.6 Å². The van der Waals surface area contributed by atoms with Gasteiger partial charge in [0.25, 0.3) is 5.91 Å². The van der Waals surface area contributed by atoms with Crippen LogP contribution in [0.15, 0.2) is 66.9 Å². The van der Waals surface area contributed by atoms with Crippen molar-refractivity contribution in [2.75, 3.05) is 37.7 Å². The smallest absolute Gasteiger partial charge is 0.326 e. The molecule has 0 spiro atoms. The van der Waals surface area contributed by atoms with Crippen LogP contribution < -0.4 is 10.2 Å². The lowest BCUT2D eigenvalue weighted by Gasteiger charge is -2.36. The monoisotopic (exact) mass is 415 g/mol. The number of fused-ring (bicyclic) bond motifs is 1. The van der Waals surface area contributed by atoms with Gasteiger partial charge in [0.05, 0.1) is 6.67 Å². The van der Waals surface area contributed by atoms with Gasteiger partial charge in [0, 0.05) is 32.4 Å². The van der Waals surface area contributed by atoms with Gasteiger partial charge < -0.3 is 10.2 Å². The molecule has 2 aliphatic rings. The molecule has 158 valence electrons. The third kappa shape index (κ3) is 3.41. The van der Waals surface area contributed by atoms with E-state index in [2.05, 4.69) is 20.1 Å². The van der Waals surface area contributed by atoms with Crippen molar-refractivity contribution in [3.05, 3.63) is 72.4 Å². The number of rotatable bonds is 4. The average Bonchev–Trinajstić information content (AvgIpc) is 3.03. The Hall–Kier alpha value is -3.45. The molecule has 0 aliphatic carbocycles. The lowest BCUT2D eigenvalue weighted by Crippen LogP contribution is -2.51. The second kappa shape index (κ2) is 7.67.